The van der Waals surface area contributed by atoms with Gasteiger partial charge in [0.25, 0.3) is 0 Å². The second-order valence-electron chi connectivity index (χ2n) is 2.82. The van der Waals surface area contributed by atoms with Crippen molar-refractivity contribution >= 4 is 5.78 Å². The lowest BCUT2D eigenvalue weighted by Gasteiger charge is -2.15. The van der Waals surface area contributed by atoms with Crippen LogP contribution in [0.5, 0.6) is 0 Å². The second kappa shape index (κ2) is 5.30. The summed E-state index contributed by atoms with van der Waals surface area (Å²) in [4.78, 5) is 11.0. The highest BCUT2D eigenvalue weighted by Gasteiger charge is 2.12. The fourth-order valence-electron chi connectivity index (χ4n) is 0.808. The number of ketones is 1. The van der Waals surface area contributed by atoms with E-state index in [9.17, 15) is 4.79 Å². The van der Waals surface area contributed by atoms with Crippen LogP contribution in [0, 0.1) is 0 Å². The van der Waals surface area contributed by atoms with Gasteiger partial charge < -0.3 is 4.74 Å². The van der Waals surface area contributed by atoms with E-state index in [4.69, 9.17) is 4.74 Å². The average Bonchev–Trinajstić information content (AvgIpc) is 2.02. The van der Waals surface area contributed by atoms with E-state index in [1.54, 1.807) is 0 Å². The quantitative estimate of drug-likeness (QED) is 0.613. The van der Waals surface area contributed by atoms with Crippen molar-refractivity contribution in [2.75, 3.05) is 0 Å². The predicted octanol–water partition coefficient (Wildman–Crippen LogP) is 2.17. The Morgan fingerprint density at radius 1 is 1.36 bits per heavy atom. The Hall–Kier alpha value is -0.370. The van der Waals surface area contributed by atoms with Gasteiger partial charge in [-0.1, -0.05) is 13.8 Å². The summed E-state index contributed by atoms with van der Waals surface area (Å²) < 4.78 is 5.40. The minimum atomic E-state index is -0.227. The smallest absolute Gasteiger partial charge is 0.161 e. The van der Waals surface area contributed by atoms with E-state index in [1.165, 1.54) is 0 Å². The van der Waals surface area contributed by atoms with E-state index in [-0.39, 0.29) is 18.0 Å². The first-order chi connectivity index (χ1) is 5.11. The maximum atomic E-state index is 11.0. The third-order valence-electron chi connectivity index (χ3n) is 1.81. The molecule has 2 unspecified atom stereocenters. The molecule has 0 aromatic rings. The van der Waals surface area contributed by atoms with Crippen molar-refractivity contribution in [3.8, 4) is 0 Å². The first-order valence-corrected chi connectivity index (χ1v) is 4.29. The first-order valence-electron chi connectivity index (χ1n) is 4.29. The highest BCUT2D eigenvalue weighted by molar-refractivity contribution is 5.82. The highest BCUT2D eigenvalue weighted by Crippen LogP contribution is 2.03. The number of rotatable bonds is 5. The van der Waals surface area contributed by atoms with Crippen LogP contribution in [0.3, 0.4) is 0 Å². The van der Waals surface area contributed by atoms with E-state index >= 15 is 0 Å². The summed E-state index contributed by atoms with van der Waals surface area (Å²) >= 11 is 0. The van der Waals surface area contributed by atoms with Crippen LogP contribution < -0.4 is 0 Å². The van der Waals surface area contributed by atoms with Gasteiger partial charge in [0, 0.05) is 6.42 Å². The van der Waals surface area contributed by atoms with Crippen LogP contribution in [0.1, 0.15) is 40.5 Å². The first kappa shape index (κ1) is 10.6. The number of hydrogen-bond donors (Lipinski definition) is 0. The fraction of sp³-hybridized carbons (Fsp3) is 0.889. The minimum absolute atomic E-state index is 0.185. The zero-order chi connectivity index (χ0) is 8.85. The van der Waals surface area contributed by atoms with Crippen molar-refractivity contribution in [3.63, 3.8) is 0 Å². The van der Waals surface area contributed by atoms with Crippen LogP contribution in [-0.2, 0) is 9.53 Å². The molecule has 0 spiro atoms. The maximum absolute atomic E-state index is 11.0. The summed E-state index contributed by atoms with van der Waals surface area (Å²) in [6, 6.07) is 0. The van der Waals surface area contributed by atoms with Gasteiger partial charge in [-0.25, -0.2) is 0 Å². The van der Waals surface area contributed by atoms with Crippen LogP contribution >= 0.6 is 0 Å². The molecule has 0 saturated heterocycles. The predicted molar refractivity (Wildman–Crippen MR) is 45.6 cm³/mol. The number of hydrogen-bond acceptors (Lipinski definition) is 2. The Bertz CT molecular complexity index is 121. The molecule has 2 atom stereocenters. The van der Waals surface area contributed by atoms with E-state index in [1.807, 2.05) is 27.7 Å². The van der Waals surface area contributed by atoms with Gasteiger partial charge in [-0.05, 0) is 20.3 Å². The van der Waals surface area contributed by atoms with Gasteiger partial charge in [0.2, 0.25) is 0 Å². The molecule has 0 N–H and O–H groups in total. The summed E-state index contributed by atoms with van der Waals surface area (Å²) in [5.74, 6) is 0.185. The number of carbonyl (C=O) groups excluding carboxylic acids is 1. The molecule has 0 radical (unpaired) electrons. The SMILES string of the molecule is CCC(=O)C(C)OC(C)CC. The lowest BCUT2D eigenvalue weighted by atomic mass is 10.2. The third-order valence-corrected chi connectivity index (χ3v) is 1.81. The molecule has 0 rings (SSSR count). The maximum Gasteiger partial charge on any atom is 0.161 e. The molecule has 0 bridgehead atoms. The van der Waals surface area contributed by atoms with Crippen LogP contribution in [0.25, 0.3) is 0 Å². The third kappa shape index (κ3) is 4.14. The number of carbonyl (C=O) groups is 1. The molecule has 0 aliphatic carbocycles. The van der Waals surface area contributed by atoms with Gasteiger partial charge in [-0.3, -0.25) is 4.79 Å². The Kier molecular flexibility index (Phi) is 5.12. The van der Waals surface area contributed by atoms with Gasteiger partial charge in [0.1, 0.15) is 6.10 Å². The fourth-order valence-corrected chi connectivity index (χ4v) is 0.808. The van der Waals surface area contributed by atoms with Crippen LogP contribution in [0.4, 0.5) is 0 Å². The molecule has 2 nitrogen and oxygen atoms in total. The molecular formula is C9H18O2. The lowest BCUT2D eigenvalue weighted by molar-refractivity contribution is -0.132. The van der Waals surface area contributed by atoms with Crippen LogP contribution in [0.2, 0.25) is 0 Å². The topological polar surface area (TPSA) is 26.3 Å². The normalized spacial score (nSPS) is 16.0. The molecule has 0 aromatic heterocycles. The zero-order valence-electron chi connectivity index (χ0n) is 7.89. The van der Waals surface area contributed by atoms with Crippen LogP contribution in [0.15, 0.2) is 0 Å². The molecule has 0 amide bonds. The summed E-state index contributed by atoms with van der Waals surface area (Å²) in [5, 5.41) is 0. The Morgan fingerprint density at radius 3 is 2.27 bits per heavy atom. The van der Waals surface area contributed by atoms with Crippen molar-refractivity contribution in [2.24, 2.45) is 0 Å². The largest absolute Gasteiger partial charge is 0.368 e. The molecule has 0 saturated carbocycles. The van der Waals surface area contributed by atoms with Crippen molar-refractivity contribution in [3.05, 3.63) is 0 Å². The van der Waals surface area contributed by atoms with E-state index < -0.39 is 0 Å². The number of ether oxygens (including phenoxy) is 1. The van der Waals surface area contributed by atoms with Gasteiger partial charge >= 0.3 is 0 Å². The zero-order valence-corrected chi connectivity index (χ0v) is 7.89. The molecular weight excluding hydrogens is 140 g/mol. The summed E-state index contributed by atoms with van der Waals surface area (Å²) in [5.41, 5.74) is 0. The van der Waals surface area contributed by atoms with Gasteiger partial charge in [0.05, 0.1) is 6.10 Å². The summed E-state index contributed by atoms with van der Waals surface area (Å²) in [6.07, 6.45) is 1.49. The van der Waals surface area contributed by atoms with Crippen LogP contribution in [-0.4, -0.2) is 18.0 Å². The van der Waals surface area contributed by atoms with Gasteiger partial charge in [-0.2, -0.15) is 0 Å². The number of Topliss-reactive ketones (excluding diaryl/α,β-unsaturated/α-hetero) is 1. The Morgan fingerprint density at radius 2 is 1.91 bits per heavy atom. The molecule has 0 aromatic carbocycles. The van der Waals surface area contributed by atoms with E-state index in [0.717, 1.165) is 6.42 Å². The standard InChI is InChI=1S/C9H18O2/c1-5-7(3)11-8(4)9(10)6-2/h7-8H,5-6H2,1-4H3. The van der Waals surface area contributed by atoms with E-state index in [0.29, 0.717) is 6.42 Å². The van der Waals surface area contributed by atoms with Gasteiger partial charge in [0.15, 0.2) is 5.78 Å². The van der Waals surface area contributed by atoms with Gasteiger partial charge in [-0.15, -0.1) is 0 Å². The molecule has 2 heteroatoms. The molecule has 0 aliphatic rings. The molecule has 0 heterocycles. The summed E-state index contributed by atoms with van der Waals surface area (Å²) in [6.45, 7) is 7.71. The van der Waals surface area contributed by atoms with Crippen molar-refractivity contribution in [1.29, 1.82) is 0 Å². The van der Waals surface area contributed by atoms with Crippen molar-refractivity contribution in [2.45, 2.75) is 52.7 Å². The monoisotopic (exact) mass is 158 g/mol. The summed E-state index contributed by atoms with van der Waals surface area (Å²) in [7, 11) is 0. The Balaban J connectivity index is 3.67. The molecule has 66 valence electrons. The minimum Gasteiger partial charge on any atom is -0.368 e. The van der Waals surface area contributed by atoms with E-state index in [2.05, 4.69) is 0 Å². The Labute approximate surface area is 68.9 Å². The molecule has 11 heavy (non-hydrogen) atoms. The van der Waals surface area contributed by atoms with Crippen molar-refractivity contribution < 1.29 is 9.53 Å². The molecule has 0 fully saturated rings. The highest BCUT2D eigenvalue weighted by atomic mass is 16.5. The molecule has 0 aliphatic heterocycles. The second-order valence-corrected chi connectivity index (χ2v) is 2.82. The average molecular weight is 158 g/mol. The lowest BCUT2D eigenvalue weighted by Crippen LogP contribution is -2.24. The van der Waals surface area contributed by atoms with Crippen molar-refractivity contribution in [1.82, 2.24) is 0 Å².